The van der Waals surface area contributed by atoms with Crippen molar-refractivity contribution in [3.63, 3.8) is 0 Å². The highest BCUT2D eigenvalue weighted by Crippen LogP contribution is 2.22. The predicted octanol–water partition coefficient (Wildman–Crippen LogP) is 2.89. The zero-order chi connectivity index (χ0) is 17.1. The smallest absolute Gasteiger partial charge is 0.254 e. The molecule has 1 unspecified atom stereocenters. The minimum atomic E-state index is -0.900. The van der Waals surface area contributed by atoms with Crippen LogP contribution in [0, 0.1) is 6.92 Å². The molecule has 2 heterocycles. The van der Waals surface area contributed by atoms with Crippen LogP contribution in [0.4, 0.5) is 0 Å². The fraction of sp³-hybridized carbons (Fsp3) is 0.176. The van der Waals surface area contributed by atoms with Gasteiger partial charge in [0.1, 0.15) is 11.9 Å². The molecule has 1 atom stereocenters. The van der Waals surface area contributed by atoms with Crippen LogP contribution in [-0.2, 0) is 0 Å². The number of benzene rings is 1. The van der Waals surface area contributed by atoms with Crippen LogP contribution >= 0.6 is 11.6 Å². The van der Waals surface area contributed by atoms with E-state index in [1.54, 1.807) is 29.8 Å². The molecule has 124 valence electrons. The van der Waals surface area contributed by atoms with Crippen LogP contribution in [0.5, 0.6) is 0 Å². The largest absolute Gasteiger partial charge is 0.467 e. The summed E-state index contributed by atoms with van der Waals surface area (Å²) in [6.07, 6.45) is 2.05. The molecule has 1 aromatic carbocycles. The fourth-order valence-electron chi connectivity index (χ4n) is 2.36. The van der Waals surface area contributed by atoms with Crippen molar-refractivity contribution >= 4 is 17.5 Å². The maximum Gasteiger partial charge on any atom is 0.254 e. The quantitative estimate of drug-likeness (QED) is 0.745. The van der Waals surface area contributed by atoms with E-state index in [4.69, 9.17) is 16.0 Å². The van der Waals surface area contributed by atoms with Gasteiger partial charge < -0.3 is 14.8 Å². The third kappa shape index (κ3) is 3.20. The molecule has 0 aliphatic carbocycles. The topological polar surface area (TPSA) is 80.3 Å². The summed E-state index contributed by atoms with van der Waals surface area (Å²) in [4.78, 5) is 12.3. The Kier molecular flexibility index (Phi) is 4.69. The van der Waals surface area contributed by atoms with Gasteiger partial charge in [-0.25, -0.2) is 4.68 Å². The van der Waals surface area contributed by atoms with E-state index in [0.29, 0.717) is 27.7 Å². The maximum absolute atomic E-state index is 12.3. The number of nitrogens with zero attached hydrogens (tertiary/aromatic N) is 2. The van der Waals surface area contributed by atoms with Gasteiger partial charge in [0.2, 0.25) is 0 Å². The van der Waals surface area contributed by atoms with Gasteiger partial charge in [0.15, 0.2) is 0 Å². The highest BCUT2D eigenvalue weighted by Gasteiger charge is 2.18. The molecule has 0 saturated heterocycles. The fourth-order valence-corrected chi connectivity index (χ4v) is 2.58. The number of amides is 1. The van der Waals surface area contributed by atoms with E-state index in [1.807, 2.05) is 18.2 Å². The van der Waals surface area contributed by atoms with E-state index in [-0.39, 0.29) is 12.5 Å². The van der Waals surface area contributed by atoms with Crippen molar-refractivity contribution in [1.82, 2.24) is 15.1 Å². The Bertz CT molecular complexity index is 843. The number of carbonyl (C=O) groups is 1. The van der Waals surface area contributed by atoms with Crippen molar-refractivity contribution in [2.24, 2.45) is 0 Å². The molecule has 0 fully saturated rings. The molecule has 6 nitrogen and oxygen atoms in total. The van der Waals surface area contributed by atoms with Crippen molar-refractivity contribution in [2.45, 2.75) is 13.0 Å². The van der Waals surface area contributed by atoms with Crippen molar-refractivity contribution in [3.8, 4) is 5.69 Å². The molecular formula is C17H16ClN3O3. The van der Waals surface area contributed by atoms with Gasteiger partial charge in [-0.2, -0.15) is 5.10 Å². The van der Waals surface area contributed by atoms with Gasteiger partial charge in [0, 0.05) is 0 Å². The number of nitrogens with one attached hydrogen (secondary N) is 1. The number of hydrogen-bond donors (Lipinski definition) is 2. The lowest BCUT2D eigenvalue weighted by Gasteiger charge is -2.10. The first-order valence-electron chi connectivity index (χ1n) is 7.37. The highest BCUT2D eigenvalue weighted by atomic mass is 35.5. The summed E-state index contributed by atoms with van der Waals surface area (Å²) < 4.78 is 6.71. The number of aliphatic hydroxyl groups is 1. The molecule has 1 amide bonds. The molecule has 0 aliphatic rings. The van der Waals surface area contributed by atoms with Gasteiger partial charge >= 0.3 is 0 Å². The van der Waals surface area contributed by atoms with E-state index < -0.39 is 6.10 Å². The van der Waals surface area contributed by atoms with E-state index in [2.05, 4.69) is 10.4 Å². The predicted molar refractivity (Wildman–Crippen MR) is 89.3 cm³/mol. The summed E-state index contributed by atoms with van der Waals surface area (Å²) in [7, 11) is 0. The summed E-state index contributed by atoms with van der Waals surface area (Å²) in [6.45, 7) is 1.83. The average molecular weight is 346 g/mol. The molecule has 2 N–H and O–H groups in total. The number of rotatable bonds is 5. The van der Waals surface area contributed by atoms with Gasteiger partial charge in [-0.05, 0) is 31.2 Å². The van der Waals surface area contributed by atoms with E-state index in [0.717, 1.165) is 0 Å². The molecular weight excluding hydrogens is 330 g/mol. The summed E-state index contributed by atoms with van der Waals surface area (Å²) in [5, 5.41) is 17.4. The Hall–Kier alpha value is -2.57. The van der Waals surface area contributed by atoms with Gasteiger partial charge in [-0.3, -0.25) is 4.79 Å². The number of para-hydroxylation sites is 1. The van der Waals surface area contributed by atoms with Crippen LogP contribution in [-0.4, -0.2) is 27.3 Å². The van der Waals surface area contributed by atoms with Crippen LogP contribution in [0.25, 0.3) is 5.69 Å². The number of aliphatic hydroxyl groups excluding tert-OH is 1. The monoisotopic (exact) mass is 345 g/mol. The lowest BCUT2D eigenvalue weighted by Crippen LogP contribution is -2.28. The molecule has 7 heteroatoms. The third-order valence-electron chi connectivity index (χ3n) is 3.66. The first-order chi connectivity index (χ1) is 11.6. The normalized spacial score (nSPS) is 12.1. The van der Waals surface area contributed by atoms with Crippen LogP contribution in [0.3, 0.4) is 0 Å². The zero-order valence-corrected chi connectivity index (χ0v) is 13.7. The van der Waals surface area contributed by atoms with Gasteiger partial charge in [-0.1, -0.05) is 23.7 Å². The Morgan fingerprint density at radius 3 is 2.88 bits per heavy atom. The Morgan fingerprint density at radius 2 is 2.17 bits per heavy atom. The molecule has 0 spiro atoms. The number of aromatic nitrogens is 2. The van der Waals surface area contributed by atoms with Crippen LogP contribution in [0.1, 0.15) is 27.9 Å². The van der Waals surface area contributed by atoms with Crippen molar-refractivity contribution in [1.29, 1.82) is 0 Å². The first-order valence-corrected chi connectivity index (χ1v) is 7.75. The second kappa shape index (κ2) is 6.90. The van der Waals surface area contributed by atoms with Crippen molar-refractivity contribution < 1.29 is 14.3 Å². The second-order valence-corrected chi connectivity index (χ2v) is 5.66. The third-order valence-corrected chi connectivity index (χ3v) is 3.98. The lowest BCUT2D eigenvalue weighted by molar-refractivity contribution is 0.0900. The van der Waals surface area contributed by atoms with Gasteiger partial charge in [-0.15, -0.1) is 0 Å². The molecule has 0 aliphatic heterocycles. The number of halogens is 1. The molecule has 0 radical (unpaired) electrons. The van der Waals surface area contributed by atoms with Gasteiger partial charge in [0.25, 0.3) is 5.91 Å². The van der Waals surface area contributed by atoms with Crippen LogP contribution in [0.2, 0.25) is 5.02 Å². The first kappa shape index (κ1) is 16.3. The number of furan rings is 1. The van der Waals surface area contributed by atoms with E-state index >= 15 is 0 Å². The Morgan fingerprint density at radius 1 is 1.38 bits per heavy atom. The second-order valence-electron chi connectivity index (χ2n) is 5.25. The summed E-state index contributed by atoms with van der Waals surface area (Å²) >= 11 is 6.17. The summed E-state index contributed by atoms with van der Waals surface area (Å²) in [5.41, 5.74) is 1.78. The minimum Gasteiger partial charge on any atom is -0.467 e. The average Bonchev–Trinajstić information content (AvgIpc) is 3.23. The summed E-state index contributed by atoms with van der Waals surface area (Å²) in [6, 6.07) is 10.6. The van der Waals surface area contributed by atoms with E-state index in [1.165, 1.54) is 12.5 Å². The number of hydrogen-bond acceptors (Lipinski definition) is 4. The van der Waals surface area contributed by atoms with Crippen LogP contribution < -0.4 is 5.32 Å². The lowest BCUT2D eigenvalue weighted by atomic mass is 10.2. The molecule has 3 aromatic rings. The molecule has 0 saturated carbocycles. The maximum atomic E-state index is 12.3. The minimum absolute atomic E-state index is 0.0447. The Labute approximate surface area is 143 Å². The van der Waals surface area contributed by atoms with Gasteiger partial charge in [0.05, 0.1) is 41.0 Å². The number of carbonyl (C=O) groups excluding carboxylic acids is 1. The van der Waals surface area contributed by atoms with Crippen LogP contribution in [0.15, 0.2) is 53.3 Å². The molecule has 3 rings (SSSR count). The Balaban J connectivity index is 1.74. The highest BCUT2D eigenvalue weighted by molar-refractivity contribution is 6.32. The summed E-state index contributed by atoms with van der Waals surface area (Å²) in [5.74, 6) is 0.0789. The van der Waals surface area contributed by atoms with E-state index in [9.17, 15) is 9.90 Å². The SMILES string of the molecule is Cc1c(C(=O)NCC(O)c2ccco2)cnn1-c1ccccc1Cl. The van der Waals surface area contributed by atoms with Crippen molar-refractivity contribution in [2.75, 3.05) is 6.54 Å². The molecule has 0 bridgehead atoms. The molecule has 24 heavy (non-hydrogen) atoms. The van der Waals surface area contributed by atoms with Crippen molar-refractivity contribution in [3.05, 3.63) is 70.9 Å². The molecule has 2 aromatic heterocycles. The standard InChI is InChI=1S/C17H16ClN3O3/c1-11-12(9-20-21(11)14-6-3-2-5-13(14)18)17(23)19-10-15(22)16-7-4-8-24-16/h2-9,15,22H,10H2,1H3,(H,19,23). The zero-order valence-electron chi connectivity index (χ0n) is 12.9.